The highest BCUT2D eigenvalue weighted by Crippen LogP contribution is 2.51. The lowest BCUT2D eigenvalue weighted by Crippen LogP contribution is -2.24. The van der Waals surface area contributed by atoms with Gasteiger partial charge in [-0.1, -0.05) is 64.0 Å². The Kier molecular flexibility index (Phi) is 7.08. The molecule has 0 radical (unpaired) electrons. The van der Waals surface area contributed by atoms with Crippen molar-refractivity contribution in [3.63, 3.8) is 0 Å². The van der Waals surface area contributed by atoms with Gasteiger partial charge in [0.25, 0.3) is 0 Å². The summed E-state index contributed by atoms with van der Waals surface area (Å²) in [5.74, 6) is 3.96. The van der Waals surface area contributed by atoms with Crippen LogP contribution < -0.4 is 0 Å². The van der Waals surface area contributed by atoms with Crippen LogP contribution in [0.3, 0.4) is 0 Å². The van der Waals surface area contributed by atoms with Crippen LogP contribution in [0.25, 0.3) is 0 Å². The molecule has 1 nitrogen and oxygen atoms in total. The number of rotatable bonds is 9. The number of allylic oxidation sites excluding steroid dienone is 2. The minimum Gasteiger partial charge on any atom is -0.303 e. The molecule has 0 aromatic carbocycles. The fraction of sp³-hybridized carbons (Fsp3) is 0.895. The van der Waals surface area contributed by atoms with Gasteiger partial charge in [-0.05, 0) is 43.1 Å². The summed E-state index contributed by atoms with van der Waals surface area (Å²) in [6.45, 7) is 6.49. The molecule has 1 aliphatic heterocycles. The molecule has 2 heteroatoms. The first-order chi connectivity index (χ1) is 9.88. The fourth-order valence-electron chi connectivity index (χ4n) is 4.89. The fourth-order valence-corrected chi connectivity index (χ4v) is 4.89. The van der Waals surface area contributed by atoms with Gasteiger partial charge < -0.3 is 4.90 Å². The minimum absolute atomic E-state index is 0. The molecule has 0 unspecified atom stereocenters. The maximum Gasteiger partial charge on any atom is 0.00188 e. The smallest absolute Gasteiger partial charge is 0.00188 e. The van der Waals surface area contributed by atoms with Crippen LogP contribution in [-0.4, -0.2) is 24.5 Å². The highest BCUT2D eigenvalue weighted by molar-refractivity contribution is 5.85. The summed E-state index contributed by atoms with van der Waals surface area (Å²) in [5.41, 5.74) is 0. The van der Waals surface area contributed by atoms with Crippen molar-refractivity contribution in [2.75, 3.05) is 19.6 Å². The van der Waals surface area contributed by atoms with E-state index in [1.54, 1.807) is 0 Å². The average Bonchev–Trinajstić information content (AvgIpc) is 3.13. The molecular weight excluding hydrogens is 278 g/mol. The van der Waals surface area contributed by atoms with E-state index in [9.17, 15) is 0 Å². The van der Waals surface area contributed by atoms with Crippen LogP contribution in [0.1, 0.15) is 64.7 Å². The Morgan fingerprint density at radius 1 is 0.810 bits per heavy atom. The van der Waals surface area contributed by atoms with Crippen LogP contribution in [0, 0.1) is 23.7 Å². The lowest BCUT2D eigenvalue weighted by molar-refractivity contribution is 0.291. The van der Waals surface area contributed by atoms with Crippen molar-refractivity contribution in [1.82, 2.24) is 4.90 Å². The van der Waals surface area contributed by atoms with Gasteiger partial charge in [-0.3, -0.25) is 0 Å². The number of hydrogen-bond acceptors (Lipinski definition) is 1. The van der Waals surface area contributed by atoms with Gasteiger partial charge in [-0.25, -0.2) is 0 Å². The van der Waals surface area contributed by atoms with Crippen molar-refractivity contribution in [3.8, 4) is 0 Å². The van der Waals surface area contributed by atoms with Crippen molar-refractivity contribution in [3.05, 3.63) is 12.2 Å². The molecule has 4 atom stereocenters. The van der Waals surface area contributed by atoms with E-state index in [0.29, 0.717) is 0 Å². The van der Waals surface area contributed by atoms with E-state index in [-0.39, 0.29) is 12.4 Å². The topological polar surface area (TPSA) is 3.24 Å². The summed E-state index contributed by atoms with van der Waals surface area (Å²) >= 11 is 0. The highest BCUT2D eigenvalue weighted by atomic mass is 35.5. The normalized spacial score (nSPS) is 33.4. The van der Waals surface area contributed by atoms with Gasteiger partial charge in [0.2, 0.25) is 0 Å². The van der Waals surface area contributed by atoms with Crippen LogP contribution >= 0.6 is 12.4 Å². The van der Waals surface area contributed by atoms with Crippen LogP contribution in [0.15, 0.2) is 12.2 Å². The zero-order valence-corrected chi connectivity index (χ0v) is 14.6. The Labute approximate surface area is 138 Å². The van der Waals surface area contributed by atoms with Crippen molar-refractivity contribution in [1.29, 1.82) is 0 Å². The summed E-state index contributed by atoms with van der Waals surface area (Å²) in [7, 11) is 0. The third-order valence-corrected chi connectivity index (χ3v) is 6.07. The second-order valence-corrected chi connectivity index (χ2v) is 7.51. The van der Waals surface area contributed by atoms with E-state index in [4.69, 9.17) is 0 Å². The Morgan fingerprint density at radius 3 is 1.90 bits per heavy atom. The van der Waals surface area contributed by atoms with Crippen LogP contribution in [0.5, 0.6) is 0 Å². The van der Waals surface area contributed by atoms with Crippen molar-refractivity contribution in [2.24, 2.45) is 23.7 Å². The molecule has 1 saturated heterocycles. The van der Waals surface area contributed by atoms with Crippen molar-refractivity contribution < 1.29 is 0 Å². The third kappa shape index (κ3) is 4.26. The minimum atomic E-state index is 0. The SMILES string of the molecule is CCCCCCCCCCN1C[C@@H]2[C@H](C1)[C@@H]1C=C[C@H]2C1.Cl. The summed E-state index contributed by atoms with van der Waals surface area (Å²) < 4.78 is 0. The molecule has 2 aliphatic carbocycles. The first kappa shape index (κ1) is 17.3. The number of hydrogen-bond donors (Lipinski definition) is 0. The molecule has 0 amide bonds. The van der Waals surface area contributed by atoms with Crippen molar-refractivity contribution in [2.45, 2.75) is 64.7 Å². The molecule has 1 heterocycles. The van der Waals surface area contributed by atoms with Gasteiger partial charge in [0, 0.05) is 13.1 Å². The zero-order valence-electron chi connectivity index (χ0n) is 13.8. The van der Waals surface area contributed by atoms with Gasteiger partial charge in [-0.15, -0.1) is 12.4 Å². The molecule has 0 spiro atoms. The molecule has 0 aromatic heterocycles. The van der Waals surface area contributed by atoms with E-state index < -0.39 is 0 Å². The lowest BCUT2D eigenvalue weighted by Gasteiger charge is -2.17. The van der Waals surface area contributed by atoms with E-state index in [1.807, 2.05) is 0 Å². The maximum atomic E-state index is 2.78. The molecule has 3 rings (SSSR count). The number of unbranched alkanes of at least 4 members (excludes halogenated alkanes) is 7. The molecule has 2 bridgehead atoms. The van der Waals surface area contributed by atoms with Gasteiger partial charge in [0.1, 0.15) is 0 Å². The summed E-state index contributed by atoms with van der Waals surface area (Å²) in [6, 6.07) is 0. The second-order valence-electron chi connectivity index (χ2n) is 7.51. The molecule has 21 heavy (non-hydrogen) atoms. The van der Waals surface area contributed by atoms with Gasteiger partial charge in [-0.2, -0.15) is 0 Å². The van der Waals surface area contributed by atoms with Gasteiger partial charge in [0.15, 0.2) is 0 Å². The Hall–Kier alpha value is -0.0100. The van der Waals surface area contributed by atoms with Gasteiger partial charge in [0.05, 0.1) is 0 Å². The Balaban J connectivity index is 0.00000161. The summed E-state index contributed by atoms with van der Waals surface area (Å²) in [4.78, 5) is 2.78. The van der Waals surface area contributed by atoms with Crippen molar-refractivity contribution >= 4 is 12.4 Å². The molecule has 0 aromatic rings. The second kappa shape index (κ2) is 8.58. The molecule has 1 saturated carbocycles. The molecule has 2 fully saturated rings. The van der Waals surface area contributed by atoms with Gasteiger partial charge >= 0.3 is 0 Å². The van der Waals surface area contributed by atoms with Crippen LogP contribution in [0.2, 0.25) is 0 Å². The molecule has 3 aliphatic rings. The highest BCUT2D eigenvalue weighted by Gasteiger charge is 2.48. The quantitative estimate of drug-likeness (QED) is 0.412. The Bertz CT molecular complexity index is 308. The lowest BCUT2D eigenvalue weighted by atomic mass is 9.86. The number of likely N-dealkylation sites (tertiary alicyclic amines) is 1. The van der Waals surface area contributed by atoms with E-state index in [1.165, 1.54) is 77.4 Å². The first-order valence-electron chi connectivity index (χ1n) is 9.29. The summed E-state index contributed by atoms with van der Waals surface area (Å²) in [6.07, 6.45) is 18.1. The monoisotopic (exact) mass is 311 g/mol. The standard InChI is InChI=1S/C19H33N.ClH/c1-2-3-4-5-6-7-8-9-12-20-14-18-16-10-11-17(13-16)19(18)15-20;/h10-11,16-19H,2-9,12-15H2,1H3;1H/t16-,17+,18-,19+;. The van der Waals surface area contributed by atoms with E-state index in [2.05, 4.69) is 24.0 Å². The number of nitrogens with zero attached hydrogens (tertiary/aromatic N) is 1. The van der Waals surface area contributed by atoms with E-state index >= 15 is 0 Å². The zero-order chi connectivity index (χ0) is 13.8. The predicted octanol–water partition coefficient (Wildman–Crippen LogP) is 5.30. The predicted molar refractivity (Wildman–Crippen MR) is 94.0 cm³/mol. The number of halogens is 1. The first-order valence-corrected chi connectivity index (χ1v) is 9.29. The average molecular weight is 312 g/mol. The van der Waals surface area contributed by atoms with Crippen LogP contribution in [-0.2, 0) is 0 Å². The third-order valence-electron chi connectivity index (χ3n) is 6.07. The largest absolute Gasteiger partial charge is 0.303 e. The number of fused-ring (bicyclic) bond motifs is 5. The molecule has 122 valence electrons. The summed E-state index contributed by atoms with van der Waals surface area (Å²) in [5, 5.41) is 0. The van der Waals surface area contributed by atoms with Crippen LogP contribution in [0.4, 0.5) is 0 Å². The van der Waals surface area contributed by atoms with E-state index in [0.717, 1.165) is 23.7 Å². The maximum absolute atomic E-state index is 2.78. The molecular formula is C19H34ClN. The molecule has 0 N–H and O–H groups in total. The Morgan fingerprint density at radius 2 is 1.33 bits per heavy atom.